The first kappa shape index (κ1) is 40.6. The summed E-state index contributed by atoms with van der Waals surface area (Å²) in [6, 6.07) is 45.9. The van der Waals surface area contributed by atoms with Crippen LogP contribution in [0.4, 0.5) is 11.4 Å². The average Bonchev–Trinajstić information content (AvgIpc) is 4.04. The molecular formula is C54H46N6O4S2. The van der Waals surface area contributed by atoms with Crippen LogP contribution >= 0.6 is 24.8 Å². The zero-order valence-electron chi connectivity index (χ0n) is 36.6. The molecule has 0 bridgehead atoms. The summed E-state index contributed by atoms with van der Waals surface area (Å²) >= 11 is 11.4. The van der Waals surface area contributed by atoms with E-state index in [2.05, 4.69) is 80.4 Å². The van der Waals surface area contributed by atoms with Gasteiger partial charge in [-0.15, -0.1) is 12.6 Å². The molecule has 66 heavy (non-hydrogen) atoms. The lowest BCUT2D eigenvalue weighted by Gasteiger charge is -2.38. The average molecular weight is 907 g/mol. The van der Waals surface area contributed by atoms with Crippen molar-refractivity contribution in [2.24, 2.45) is 0 Å². The number of nitrogens with one attached hydrogen (secondary N) is 2. The molecule has 6 aromatic carbocycles. The van der Waals surface area contributed by atoms with Crippen molar-refractivity contribution in [3.8, 4) is 11.5 Å². The van der Waals surface area contributed by atoms with Gasteiger partial charge in [0.2, 0.25) is 5.91 Å². The van der Waals surface area contributed by atoms with Crippen LogP contribution in [0.2, 0.25) is 0 Å². The largest absolute Gasteiger partial charge is 0.497 e. The molecule has 2 saturated heterocycles. The number of aromatic nitrogens is 2. The van der Waals surface area contributed by atoms with Gasteiger partial charge in [-0.3, -0.25) is 19.4 Å². The minimum absolute atomic E-state index is 0.0285. The number of para-hydroxylation sites is 1. The number of thiol groups is 1. The van der Waals surface area contributed by atoms with Crippen molar-refractivity contribution in [3.05, 3.63) is 190 Å². The van der Waals surface area contributed by atoms with E-state index in [1.165, 1.54) is 0 Å². The summed E-state index contributed by atoms with van der Waals surface area (Å²) in [5.41, 5.74) is 12.9. The molecule has 5 unspecified atom stereocenters. The van der Waals surface area contributed by atoms with Gasteiger partial charge in [0.15, 0.2) is 5.11 Å². The smallest absolute Gasteiger partial charge is 0.256 e. The van der Waals surface area contributed by atoms with Gasteiger partial charge in [-0.05, 0) is 132 Å². The summed E-state index contributed by atoms with van der Waals surface area (Å²) in [6.45, 7) is 2.04. The second kappa shape index (κ2) is 15.6. The second-order valence-electron chi connectivity index (χ2n) is 17.8. The number of nitrogens with zero attached hydrogens (tertiary/aromatic N) is 4. The minimum Gasteiger partial charge on any atom is -0.497 e. The first-order chi connectivity index (χ1) is 32.2. The monoisotopic (exact) mass is 906 g/mol. The lowest BCUT2D eigenvalue weighted by atomic mass is 9.88. The van der Waals surface area contributed by atoms with E-state index in [4.69, 9.17) is 34.3 Å². The predicted molar refractivity (Wildman–Crippen MR) is 266 cm³/mol. The van der Waals surface area contributed by atoms with Crippen molar-refractivity contribution in [2.75, 3.05) is 24.0 Å². The van der Waals surface area contributed by atoms with Gasteiger partial charge in [0.25, 0.3) is 5.91 Å². The molecule has 2 fully saturated rings. The summed E-state index contributed by atoms with van der Waals surface area (Å²) in [4.78, 5) is 44.4. The first-order valence-electron chi connectivity index (χ1n) is 22.3. The Morgan fingerprint density at radius 1 is 0.636 bits per heavy atom. The van der Waals surface area contributed by atoms with Crippen LogP contribution in [-0.2, 0) is 28.9 Å². The van der Waals surface area contributed by atoms with Gasteiger partial charge >= 0.3 is 0 Å². The van der Waals surface area contributed by atoms with Gasteiger partial charge in [-0.1, -0.05) is 78.9 Å². The quantitative estimate of drug-likeness (QED) is 0.103. The summed E-state index contributed by atoms with van der Waals surface area (Å²) in [5.74, 6) is 1.52. The van der Waals surface area contributed by atoms with Crippen molar-refractivity contribution >= 4 is 75.0 Å². The zero-order valence-corrected chi connectivity index (χ0v) is 38.3. The van der Waals surface area contributed by atoms with Crippen LogP contribution in [0.3, 0.4) is 0 Å². The Bertz CT molecular complexity index is 3290. The van der Waals surface area contributed by atoms with Crippen molar-refractivity contribution in [1.82, 2.24) is 19.8 Å². The number of hydrogen-bond acceptors (Lipinski definition) is 7. The lowest BCUT2D eigenvalue weighted by molar-refractivity contribution is -0.120. The van der Waals surface area contributed by atoms with E-state index >= 15 is 0 Å². The lowest BCUT2D eigenvalue weighted by Crippen LogP contribution is -2.44. The number of thiocarbonyl (C=S) groups is 1. The summed E-state index contributed by atoms with van der Waals surface area (Å²) in [5, 5.41) is 2.72. The third-order valence-electron chi connectivity index (χ3n) is 14.1. The molecule has 8 aromatic rings. The van der Waals surface area contributed by atoms with Crippen LogP contribution in [0, 0.1) is 6.92 Å². The molecular weight excluding hydrogens is 861 g/mol. The normalized spacial score (nSPS) is 21.4. The Labute approximate surface area is 393 Å². The molecule has 12 heteroatoms. The molecule has 0 spiro atoms. The number of carbonyl (C=O) groups excluding carboxylic acids is 2. The number of aryl methyl sites for hydroxylation is 1. The Hall–Kier alpha value is -6.86. The topological polar surface area (TPSA) is 97.1 Å². The summed E-state index contributed by atoms with van der Waals surface area (Å²) in [7, 11) is 3.34. The zero-order chi connectivity index (χ0) is 45.0. The number of rotatable bonds is 8. The predicted octanol–water partition coefficient (Wildman–Crippen LogP) is 9.79. The van der Waals surface area contributed by atoms with E-state index in [0.717, 1.165) is 95.0 Å². The fraction of sp³-hybridized carbons (Fsp3) is 0.204. The molecule has 5 atom stereocenters. The highest BCUT2D eigenvalue weighted by Crippen LogP contribution is 2.49. The number of anilines is 2. The van der Waals surface area contributed by atoms with Gasteiger partial charge in [0.05, 0.1) is 38.0 Å². The molecule has 6 heterocycles. The van der Waals surface area contributed by atoms with Crippen LogP contribution in [0.5, 0.6) is 11.5 Å². The third kappa shape index (κ3) is 6.29. The maximum Gasteiger partial charge on any atom is 0.256 e. The number of fused-ring (bicyclic) bond motifs is 8. The fourth-order valence-corrected chi connectivity index (χ4v) is 12.1. The van der Waals surface area contributed by atoms with Crippen molar-refractivity contribution in [1.29, 1.82) is 0 Å². The molecule has 4 aliphatic heterocycles. The SMILES string of the molecule is COc1cccc(C2c3[nH]c4ccccc4c3CC3C(=O)N(c4ccc(Cc5ccc6c7c([nH]c6c5)C(c5cccc(OC)c5)N5C(C7)C(=O)N(c6cccc(C)c6)C5S)cc4)C(=S)N32)c1. The second-order valence-corrected chi connectivity index (χ2v) is 18.6. The number of amides is 2. The number of carbonyl (C=O) groups is 2. The number of hydrogen-bond donors (Lipinski definition) is 3. The van der Waals surface area contributed by atoms with E-state index in [1.807, 2.05) is 90.7 Å². The highest BCUT2D eigenvalue weighted by molar-refractivity contribution is 7.81. The highest BCUT2D eigenvalue weighted by atomic mass is 32.1. The van der Waals surface area contributed by atoms with Gasteiger partial charge in [-0.2, -0.15) is 0 Å². The summed E-state index contributed by atoms with van der Waals surface area (Å²) in [6.07, 6.45) is 1.80. The van der Waals surface area contributed by atoms with Crippen LogP contribution in [0.1, 0.15) is 62.4 Å². The van der Waals surface area contributed by atoms with E-state index < -0.39 is 17.6 Å². The third-order valence-corrected chi connectivity index (χ3v) is 15.0. The maximum absolute atomic E-state index is 14.6. The van der Waals surface area contributed by atoms with Crippen LogP contribution < -0.4 is 19.3 Å². The van der Waals surface area contributed by atoms with E-state index in [0.29, 0.717) is 24.4 Å². The molecule has 2 amide bonds. The molecule has 0 radical (unpaired) electrons. The van der Waals surface area contributed by atoms with E-state index in [9.17, 15) is 9.59 Å². The van der Waals surface area contributed by atoms with Crippen molar-refractivity contribution in [3.63, 3.8) is 0 Å². The number of benzene rings is 6. The molecule has 0 saturated carbocycles. The van der Waals surface area contributed by atoms with Crippen LogP contribution in [0.25, 0.3) is 21.8 Å². The number of H-pyrrole nitrogens is 2. The van der Waals surface area contributed by atoms with Crippen LogP contribution in [-0.4, -0.2) is 68.5 Å². The fourth-order valence-electron chi connectivity index (χ4n) is 11.1. The Balaban J connectivity index is 0.842. The van der Waals surface area contributed by atoms with Crippen LogP contribution in [0.15, 0.2) is 140 Å². The highest BCUT2D eigenvalue weighted by Gasteiger charge is 2.53. The van der Waals surface area contributed by atoms with Gasteiger partial charge in [0.1, 0.15) is 23.0 Å². The standard InChI is InChI=1S/C54H46N6O4S2/c1-30-9-6-12-36(23-30)58-52(62)46-29-42-40-22-19-32(25-44(40)56-48(42)50(60(46)54(58)66)34-11-8-14-38(27-34)64-3)24-31-17-20-35(21-18-31)57-51(61)45-28-41-39-15-4-5-16-43(39)55-47(41)49(59(45)53(57)65)33-10-7-13-37(26-33)63-2/h4-23,25-27,45-46,49-50,54-56,66H,24,28-29H2,1-3H3. The molecule has 328 valence electrons. The Morgan fingerprint density at radius 3 is 2.00 bits per heavy atom. The van der Waals surface area contributed by atoms with E-state index in [-0.39, 0.29) is 23.9 Å². The molecule has 12 rings (SSSR count). The molecule has 2 aromatic heterocycles. The van der Waals surface area contributed by atoms with Gasteiger partial charge in [-0.25, -0.2) is 4.90 Å². The Morgan fingerprint density at radius 2 is 1.27 bits per heavy atom. The van der Waals surface area contributed by atoms with Crippen molar-refractivity contribution in [2.45, 2.75) is 55.9 Å². The number of ether oxygens (including phenoxy) is 2. The summed E-state index contributed by atoms with van der Waals surface area (Å²) < 4.78 is 11.3. The molecule has 4 aliphatic rings. The number of methoxy groups -OCH3 is 2. The van der Waals surface area contributed by atoms with E-state index in [1.54, 1.807) is 19.1 Å². The molecule has 0 aliphatic carbocycles. The number of aromatic amines is 2. The van der Waals surface area contributed by atoms with Crippen molar-refractivity contribution < 1.29 is 19.1 Å². The molecule has 10 nitrogen and oxygen atoms in total. The molecule has 2 N–H and O–H groups in total. The maximum atomic E-state index is 14.6. The first-order valence-corrected chi connectivity index (χ1v) is 23.2. The minimum atomic E-state index is -0.480. The van der Waals surface area contributed by atoms with Gasteiger partial charge < -0.3 is 24.3 Å². The van der Waals surface area contributed by atoms with Gasteiger partial charge in [0, 0.05) is 45.3 Å². The Kier molecular flexibility index (Phi) is 9.63.